The van der Waals surface area contributed by atoms with Crippen LogP contribution >= 0.6 is 11.6 Å². The molecule has 2 aromatic carbocycles. The molecule has 30 heavy (non-hydrogen) atoms. The summed E-state index contributed by atoms with van der Waals surface area (Å²) in [4.78, 5) is 33.1. The van der Waals surface area contributed by atoms with Crippen LogP contribution in [0.15, 0.2) is 42.5 Å². The molecule has 0 aromatic heterocycles. The highest BCUT2D eigenvalue weighted by atomic mass is 35.5. The molecular formula is C25H26ClNO3. The lowest BCUT2D eigenvalue weighted by atomic mass is 9.86. The Morgan fingerprint density at radius 2 is 1.77 bits per heavy atom. The fourth-order valence-corrected chi connectivity index (χ4v) is 5.62. The van der Waals surface area contributed by atoms with Crippen molar-refractivity contribution in [1.29, 1.82) is 0 Å². The summed E-state index contributed by atoms with van der Waals surface area (Å²) in [5.74, 6) is -1.14. The molecule has 156 valence electrons. The Bertz CT molecular complexity index is 1030. The zero-order valence-electron chi connectivity index (χ0n) is 17.5. The first-order chi connectivity index (χ1) is 14.3. The number of hydrogen-bond acceptors (Lipinski definition) is 4. The highest BCUT2D eigenvalue weighted by Gasteiger charge is 2.64. The molecule has 0 spiro atoms. The van der Waals surface area contributed by atoms with Crippen LogP contribution in [0, 0.1) is 5.92 Å². The third-order valence-corrected chi connectivity index (χ3v) is 7.36. The Morgan fingerprint density at radius 3 is 2.47 bits per heavy atom. The standard InChI is InChI=1S/C25H26ClNO3/c1-4-14-5-6-16(15-7-9-17(26)10-8-15)13-18(14)20-22(28)21-19-11-12-25(2,3)27(19)30-24(21)23(20)29/h5-10,13,19-21,24H,4,11-12H2,1-3H3/t19-,20?,21+,24+/m0/s1. The molecule has 0 bridgehead atoms. The van der Waals surface area contributed by atoms with E-state index in [0.717, 1.165) is 41.5 Å². The average molecular weight is 424 g/mol. The van der Waals surface area contributed by atoms with Gasteiger partial charge in [0.1, 0.15) is 12.0 Å². The quantitative estimate of drug-likeness (QED) is 0.653. The van der Waals surface area contributed by atoms with Crippen molar-refractivity contribution in [2.75, 3.05) is 0 Å². The number of aryl methyl sites for hydroxylation is 1. The van der Waals surface area contributed by atoms with Gasteiger partial charge in [0.05, 0.1) is 5.92 Å². The molecule has 4 atom stereocenters. The molecule has 4 nitrogen and oxygen atoms in total. The fraction of sp³-hybridized carbons (Fsp3) is 0.440. The van der Waals surface area contributed by atoms with E-state index in [1.54, 1.807) is 0 Å². The largest absolute Gasteiger partial charge is 0.298 e. The molecule has 2 aliphatic heterocycles. The molecule has 0 radical (unpaired) electrons. The van der Waals surface area contributed by atoms with Crippen molar-refractivity contribution in [3.05, 3.63) is 58.6 Å². The summed E-state index contributed by atoms with van der Waals surface area (Å²) in [5.41, 5.74) is 3.75. The van der Waals surface area contributed by atoms with E-state index in [1.807, 2.05) is 47.5 Å². The van der Waals surface area contributed by atoms with Gasteiger partial charge >= 0.3 is 0 Å². The van der Waals surface area contributed by atoms with Crippen molar-refractivity contribution in [3.8, 4) is 11.1 Å². The Balaban J connectivity index is 1.53. The van der Waals surface area contributed by atoms with E-state index in [1.165, 1.54) is 0 Å². The third kappa shape index (κ3) is 2.89. The maximum absolute atomic E-state index is 13.6. The number of rotatable bonds is 3. The van der Waals surface area contributed by atoms with Gasteiger partial charge in [-0.25, -0.2) is 0 Å². The highest BCUT2D eigenvalue weighted by Crippen LogP contribution is 2.50. The average Bonchev–Trinajstić information content (AvgIpc) is 3.33. The van der Waals surface area contributed by atoms with Crippen LogP contribution in [-0.2, 0) is 20.8 Å². The summed E-state index contributed by atoms with van der Waals surface area (Å²) in [6, 6.07) is 13.7. The number of nitrogens with zero attached hydrogens (tertiary/aromatic N) is 1. The summed E-state index contributed by atoms with van der Waals surface area (Å²) in [6.07, 6.45) is 1.99. The van der Waals surface area contributed by atoms with E-state index in [9.17, 15) is 9.59 Å². The summed E-state index contributed by atoms with van der Waals surface area (Å²) >= 11 is 6.03. The molecule has 2 saturated heterocycles. The van der Waals surface area contributed by atoms with Crippen molar-refractivity contribution in [1.82, 2.24) is 5.06 Å². The van der Waals surface area contributed by atoms with Crippen molar-refractivity contribution in [2.24, 2.45) is 5.92 Å². The van der Waals surface area contributed by atoms with Crippen molar-refractivity contribution in [2.45, 2.75) is 63.6 Å². The molecule has 2 aromatic rings. The number of carbonyl (C=O) groups excluding carboxylic acids is 2. The van der Waals surface area contributed by atoms with E-state index in [-0.39, 0.29) is 29.1 Å². The molecule has 1 aliphatic carbocycles. The van der Waals surface area contributed by atoms with Gasteiger partial charge in [0.2, 0.25) is 0 Å². The van der Waals surface area contributed by atoms with Gasteiger partial charge in [-0.2, -0.15) is 5.06 Å². The maximum atomic E-state index is 13.6. The normalized spacial score (nSPS) is 30.0. The number of hydroxylamine groups is 2. The number of ketones is 2. The Labute approximate surface area is 182 Å². The van der Waals surface area contributed by atoms with Gasteiger partial charge < -0.3 is 0 Å². The van der Waals surface area contributed by atoms with Crippen LogP contribution in [0.3, 0.4) is 0 Å². The van der Waals surface area contributed by atoms with Crippen LogP contribution < -0.4 is 0 Å². The van der Waals surface area contributed by atoms with E-state index in [4.69, 9.17) is 16.4 Å². The number of Topliss-reactive ketones (excluding diaryl/α,β-unsaturated/α-hetero) is 2. The van der Waals surface area contributed by atoms with Gasteiger partial charge in [-0.05, 0) is 73.6 Å². The number of fused-ring (bicyclic) bond motifs is 3. The molecule has 1 unspecified atom stereocenters. The SMILES string of the molecule is CCc1ccc(-c2ccc(Cl)cc2)cc1C1C(=O)[C@@H]2[C@@H](ON3[C@H]2CCC3(C)C)C1=O. The molecular weight excluding hydrogens is 398 g/mol. The second-order valence-electron chi connectivity index (χ2n) is 9.31. The zero-order chi connectivity index (χ0) is 21.2. The number of carbonyl (C=O) groups is 2. The van der Waals surface area contributed by atoms with Crippen LogP contribution in [0.25, 0.3) is 11.1 Å². The minimum atomic E-state index is -0.729. The van der Waals surface area contributed by atoms with Gasteiger partial charge in [0.25, 0.3) is 0 Å². The van der Waals surface area contributed by atoms with Crippen LogP contribution in [0.1, 0.15) is 50.7 Å². The van der Waals surface area contributed by atoms with Gasteiger partial charge in [0, 0.05) is 16.6 Å². The van der Waals surface area contributed by atoms with Gasteiger partial charge in [0.15, 0.2) is 11.6 Å². The lowest BCUT2D eigenvalue weighted by Crippen LogP contribution is -2.41. The van der Waals surface area contributed by atoms with Crippen LogP contribution in [0.5, 0.6) is 0 Å². The minimum Gasteiger partial charge on any atom is -0.298 e. The van der Waals surface area contributed by atoms with Crippen LogP contribution in [0.2, 0.25) is 5.02 Å². The molecule has 3 aliphatic rings. The third-order valence-electron chi connectivity index (χ3n) is 7.11. The Morgan fingerprint density at radius 1 is 1.07 bits per heavy atom. The first-order valence-electron chi connectivity index (χ1n) is 10.7. The van der Waals surface area contributed by atoms with E-state index in [0.29, 0.717) is 5.02 Å². The Kier molecular flexibility index (Phi) is 4.66. The minimum absolute atomic E-state index is 0.0102. The first kappa shape index (κ1) is 19.9. The lowest BCUT2D eigenvalue weighted by molar-refractivity contribution is -0.198. The predicted molar refractivity (Wildman–Crippen MR) is 116 cm³/mol. The molecule has 0 amide bonds. The topological polar surface area (TPSA) is 46.6 Å². The summed E-state index contributed by atoms with van der Waals surface area (Å²) in [5, 5.41) is 2.61. The summed E-state index contributed by atoms with van der Waals surface area (Å²) in [6.45, 7) is 6.29. The molecule has 1 saturated carbocycles. The molecule has 3 fully saturated rings. The number of hydrogen-bond donors (Lipinski definition) is 0. The molecule has 2 heterocycles. The first-order valence-corrected chi connectivity index (χ1v) is 11.1. The van der Waals surface area contributed by atoms with Crippen molar-refractivity contribution in [3.63, 3.8) is 0 Å². The second-order valence-corrected chi connectivity index (χ2v) is 9.74. The monoisotopic (exact) mass is 423 g/mol. The fourth-order valence-electron chi connectivity index (χ4n) is 5.49. The second kappa shape index (κ2) is 7.01. The zero-order valence-corrected chi connectivity index (χ0v) is 18.3. The maximum Gasteiger partial charge on any atom is 0.179 e. The van der Waals surface area contributed by atoms with E-state index < -0.39 is 12.0 Å². The van der Waals surface area contributed by atoms with Crippen LogP contribution in [-0.4, -0.2) is 34.3 Å². The van der Waals surface area contributed by atoms with Gasteiger partial charge in [-0.15, -0.1) is 0 Å². The number of halogens is 1. The van der Waals surface area contributed by atoms with E-state index >= 15 is 0 Å². The van der Waals surface area contributed by atoms with Crippen LogP contribution in [0.4, 0.5) is 0 Å². The molecule has 5 rings (SSSR count). The summed E-state index contributed by atoms with van der Waals surface area (Å²) in [7, 11) is 0. The van der Waals surface area contributed by atoms with Gasteiger partial charge in [-0.1, -0.05) is 42.8 Å². The van der Waals surface area contributed by atoms with E-state index in [2.05, 4.69) is 20.8 Å². The molecule has 0 N–H and O–H groups in total. The lowest BCUT2D eigenvalue weighted by Gasteiger charge is -2.30. The predicted octanol–water partition coefficient (Wildman–Crippen LogP) is 4.98. The highest BCUT2D eigenvalue weighted by molar-refractivity contribution is 6.30. The summed E-state index contributed by atoms with van der Waals surface area (Å²) < 4.78 is 0. The van der Waals surface area contributed by atoms with Crippen molar-refractivity contribution >= 4 is 23.2 Å². The molecule has 5 heteroatoms. The Hall–Kier alpha value is -2.01. The number of benzene rings is 2. The smallest absolute Gasteiger partial charge is 0.179 e. The van der Waals surface area contributed by atoms with Crippen molar-refractivity contribution < 1.29 is 14.4 Å². The van der Waals surface area contributed by atoms with Gasteiger partial charge in [-0.3, -0.25) is 14.4 Å².